The highest BCUT2D eigenvalue weighted by molar-refractivity contribution is 14.1. The lowest BCUT2D eigenvalue weighted by Crippen LogP contribution is -2.35. The SMILES string of the molecule is Ic1cc(OCc2ccccc2)cnn1.O=C(O)CN(c1ccc2c(ccn2-c2ccc(OCc3ccccc3)nn2)c1)S(=O)(=O)c1cc(Cl)cc(Cl)c1. The van der Waals surface area contributed by atoms with Crippen molar-refractivity contribution in [2.45, 2.75) is 18.1 Å². The van der Waals surface area contributed by atoms with Crippen LogP contribution in [0.2, 0.25) is 10.0 Å². The summed E-state index contributed by atoms with van der Waals surface area (Å²) >= 11 is 14.1. The van der Waals surface area contributed by atoms with Gasteiger partial charge in [-0.15, -0.1) is 15.3 Å². The predicted octanol–water partition coefficient (Wildman–Crippen LogP) is 8.25. The molecule has 12 nitrogen and oxygen atoms in total. The summed E-state index contributed by atoms with van der Waals surface area (Å²) in [5.41, 5.74) is 3.02. The van der Waals surface area contributed by atoms with Gasteiger partial charge in [-0.3, -0.25) is 13.7 Å². The van der Waals surface area contributed by atoms with Crippen LogP contribution < -0.4 is 13.8 Å². The summed E-state index contributed by atoms with van der Waals surface area (Å²) in [7, 11) is -4.30. The first-order valence-electron chi connectivity index (χ1n) is 16.0. The van der Waals surface area contributed by atoms with E-state index in [1.54, 1.807) is 47.3 Å². The topological polar surface area (TPSA) is 150 Å². The van der Waals surface area contributed by atoms with E-state index in [2.05, 4.69) is 43.0 Å². The van der Waals surface area contributed by atoms with Crippen molar-refractivity contribution in [1.82, 2.24) is 25.0 Å². The van der Waals surface area contributed by atoms with E-state index < -0.39 is 22.5 Å². The normalized spacial score (nSPS) is 11.0. The van der Waals surface area contributed by atoms with Gasteiger partial charge in [-0.25, -0.2) is 8.42 Å². The lowest BCUT2D eigenvalue weighted by Gasteiger charge is -2.23. The Hall–Kier alpha value is -5.29. The summed E-state index contributed by atoms with van der Waals surface area (Å²) in [5, 5.41) is 26.4. The number of carbonyl (C=O) groups is 1. The van der Waals surface area contributed by atoms with E-state index in [1.807, 2.05) is 66.7 Å². The number of carboxylic acid groups (broad SMARTS) is 1. The highest BCUT2D eigenvalue weighted by atomic mass is 127. The summed E-state index contributed by atoms with van der Waals surface area (Å²) in [4.78, 5) is 11.4. The van der Waals surface area contributed by atoms with Gasteiger partial charge in [0.2, 0.25) is 5.88 Å². The third kappa shape index (κ3) is 10.0. The molecule has 0 aliphatic carbocycles. The molecule has 54 heavy (non-hydrogen) atoms. The molecule has 0 unspecified atom stereocenters. The Morgan fingerprint density at radius 1 is 0.778 bits per heavy atom. The first kappa shape index (κ1) is 38.4. The van der Waals surface area contributed by atoms with Gasteiger partial charge in [-0.2, -0.15) is 5.10 Å². The van der Waals surface area contributed by atoms with Crippen molar-refractivity contribution in [3.63, 3.8) is 0 Å². The van der Waals surface area contributed by atoms with E-state index in [0.717, 1.165) is 24.9 Å². The Balaban J connectivity index is 0.000000276. The molecule has 3 aromatic heterocycles. The molecule has 1 N–H and O–H groups in total. The van der Waals surface area contributed by atoms with Crippen molar-refractivity contribution < 1.29 is 27.8 Å². The second kappa shape index (κ2) is 17.7. The van der Waals surface area contributed by atoms with Crippen molar-refractivity contribution in [1.29, 1.82) is 0 Å². The van der Waals surface area contributed by atoms with Crippen LogP contribution in [-0.2, 0) is 28.0 Å². The minimum Gasteiger partial charge on any atom is -0.487 e. The molecule has 0 amide bonds. The zero-order chi connectivity index (χ0) is 38.1. The van der Waals surface area contributed by atoms with Crippen LogP contribution in [0.15, 0.2) is 139 Å². The summed E-state index contributed by atoms with van der Waals surface area (Å²) in [5.74, 6) is 0.317. The Morgan fingerprint density at radius 2 is 1.44 bits per heavy atom. The van der Waals surface area contributed by atoms with Gasteiger partial charge >= 0.3 is 5.97 Å². The first-order chi connectivity index (χ1) is 26.0. The quantitative estimate of drug-likeness (QED) is 0.119. The molecule has 0 radical (unpaired) electrons. The third-order valence-corrected chi connectivity index (χ3v) is 10.3. The molecule has 7 rings (SSSR count). The molecule has 16 heteroatoms. The van der Waals surface area contributed by atoms with E-state index in [9.17, 15) is 18.3 Å². The summed E-state index contributed by atoms with van der Waals surface area (Å²) in [6, 6.07) is 35.4. The summed E-state index contributed by atoms with van der Waals surface area (Å²) < 4.78 is 41.5. The average molecular weight is 896 g/mol. The van der Waals surface area contributed by atoms with Crippen LogP contribution in [-0.4, -0.2) is 51.0 Å². The first-order valence-corrected chi connectivity index (χ1v) is 19.3. The van der Waals surface area contributed by atoms with Crippen LogP contribution in [0.1, 0.15) is 11.1 Å². The molecule has 274 valence electrons. The van der Waals surface area contributed by atoms with Gasteiger partial charge in [0.25, 0.3) is 10.0 Å². The van der Waals surface area contributed by atoms with Crippen LogP contribution >= 0.6 is 45.8 Å². The molecule has 0 aliphatic rings. The molecule has 0 saturated carbocycles. The number of anilines is 1. The average Bonchev–Trinajstić information content (AvgIpc) is 3.60. The number of hydrogen-bond acceptors (Lipinski definition) is 9. The lowest BCUT2D eigenvalue weighted by molar-refractivity contribution is -0.135. The van der Waals surface area contributed by atoms with E-state index in [-0.39, 0.29) is 20.6 Å². The third-order valence-electron chi connectivity index (χ3n) is 7.62. The number of benzene rings is 4. The van der Waals surface area contributed by atoms with Gasteiger partial charge in [0.05, 0.1) is 22.3 Å². The number of nitrogens with zero attached hydrogens (tertiary/aromatic N) is 6. The van der Waals surface area contributed by atoms with Gasteiger partial charge in [0.15, 0.2) is 5.82 Å². The van der Waals surface area contributed by atoms with Gasteiger partial charge in [-0.1, -0.05) is 83.9 Å². The molecule has 0 bridgehead atoms. The monoisotopic (exact) mass is 894 g/mol. The maximum Gasteiger partial charge on any atom is 0.324 e. The number of sulfonamides is 1. The van der Waals surface area contributed by atoms with Crippen LogP contribution in [0.4, 0.5) is 5.69 Å². The van der Waals surface area contributed by atoms with Crippen LogP contribution in [0, 0.1) is 3.70 Å². The molecule has 3 heterocycles. The summed E-state index contributed by atoms with van der Waals surface area (Å²) in [6.45, 7) is 0.123. The van der Waals surface area contributed by atoms with Crippen molar-refractivity contribution >= 4 is 78.4 Å². The lowest BCUT2D eigenvalue weighted by atomic mass is 10.2. The Labute approximate surface area is 334 Å². The van der Waals surface area contributed by atoms with Gasteiger partial charge < -0.3 is 14.6 Å². The summed E-state index contributed by atoms with van der Waals surface area (Å²) in [6.07, 6.45) is 3.38. The Bertz CT molecular complexity index is 2460. The number of ether oxygens (including phenoxy) is 2. The molecular formula is C38H29Cl2IN6O6S. The zero-order valence-electron chi connectivity index (χ0n) is 28.0. The molecule has 7 aromatic rings. The highest BCUT2D eigenvalue weighted by Crippen LogP contribution is 2.31. The fourth-order valence-electron chi connectivity index (χ4n) is 5.12. The van der Waals surface area contributed by atoms with Gasteiger partial charge in [0, 0.05) is 33.8 Å². The van der Waals surface area contributed by atoms with E-state index >= 15 is 0 Å². The molecule has 0 atom stereocenters. The predicted molar refractivity (Wildman–Crippen MR) is 214 cm³/mol. The van der Waals surface area contributed by atoms with Crippen LogP contribution in [0.3, 0.4) is 0 Å². The number of aliphatic carboxylic acids is 1. The van der Waals surface area contributed by atoms with Gasteiger partial charge in [-0.05, 0) is 82.2 Å². The number of rotatable bonds is 12. The number of fused-ring (bicyclic) bond motifs is 1. The minimum absolute atomic E-state index is 0.112. The van der Waals surface area contributed by atoms with Crippen molar-refractivity contribution in [2.75, 3.05) is 10.8 Å². The molecule has 4 aromatic carbocycles. The number of aromatic nitrogens is 5. The van der Waals surface area contributed by atoms with E-state index in [0.29, 0.717) is 35.8 Å². The van der Waals surface area contributed by atoms with E-state index in [4.69, 9.17) is 32.7 Å². The molecule has 0 spiro atoms. The fraction of sp³-hybridized carbons (Fsp3) is 0.0789. The van der Waals surface area contributed by atoms with Gasteiger partial charge in [0.1, 0.15) is 29.2 Å². The smallest absolute Gasteiger partial charge is 0.324 e. The minimum atomic E-state index is -4.30. The number of hydrogen-bond donors (Lipinski definition) is 1. The highest BCUT2D eigenvalue weighted by Gasteiger charge is 2.28. The molecule has 0 saturated heterocycles. The van der Waals surface area contributed by atoms with Crippen molar-refractivity contribution in [3.8, 4) is 17.4 Å². The molecule has 0 fully saturated rings. The maximum atomic E-state index is 13.4. The largest absolute Gasteiger partial charge is 0.487 e. The fourth-order valence-corrected chi connectivity index (χ4v) is 7.69. The van der Waals surface area contributed by atoms with Crippen molar-refractivity contribution in [2.24, 2.45) is 0 Å². The Kier molecular flexibility index (Phi) is 12.6. The molecule has 0 aliphatic heterocycles. The van der Waals surface area contributed by atoms with E-state index in [1.165, 1.54) is 24.3 Å². The second-order valence-corrected chi connectivity index (χ2v) is 15.3. The zero-order valence-corrected chi connectivity index (χ0v) is 32.5. The van der Waals surface area contributed by atoms with Crippen LogP contribution in [0.25, 0.3) is 16.7 Å². The maximum absolute atomic E-state index is 13.4. The second-order valence-electron chi connectivity index (χ2n) is 11.4. The van der Waals surface area contributed by atoms with Crippen molar-refractivity contribution in [3.05, 3.63) is 159 Å². The number of halogens is 3. The standard InChI is InChI=1S/C27H20Cl2N4O5S.C11H9IN2O/c28-20-13-21(29)15-23(14-20)39(36,37)33(16-27(34)35)22-6-7-24-19(12-22)10-11-32(24)25-8-9-26(31-30-25)38-17-18-4-2-1-3-5-18;12-11-6-10(7-13-14-11)15-8-9-4-2-1-3-5-9/h1-15H,16-17H2,(H,34,35);1-7H,8H2. The van der Waals surface area contributed by atoms with Crippen LogP contribution in [0.5, 0.6) is 11.6 Å². The molecular weight excluding hydrogens is 866 g/mol. The Morgan fingerprint density at radius 3 is 2.06 bits per heavy atom. The number of carboxylic acids is 1.